The molecule has 0 bridgehead atoms. The van der Waals surface area contributed by atoms with Crippen molar-refractivity contribution < 1.29 is 4.79 Å². The van der Waals surface area contributed by atoms with Gasteiger partial charge in [-0.2, -0.15) is 0 Å². The van der Waals surface area contributed by atoms with Crippen molar-refractivity contribution in [1.29, 1.82) is 0 Å². The van der Waals surface area contributed by atoms with E-state index >= 15 is 0 Å². The van der Waals surface area contributed by atoms with Gasteiger partial charge in [-0.1, -0.05) is 30.3 Å². The molecule has 0 radical (unpaired) electrons. The van der Waals surface area contributed by atoms with Crippen LogP contribution in [0, 0.1) is 13.8 Å². The van der Waals surface area contributed by atoms with Crippen LogP contribution in [-0.4, -0.2) is 10.9 Å². The van der Waals surface area contributed by atoms with E-state index in [9.17, 15) is 4.79 Å². The molecule has 0 saturated carbocycles. The number of aromatic nitrogens is 1. The number of hydrogen-bond acceptors (Lipinski definition) is 3. The maximum Gasteiger partial charge on any atom is 0.253 e. The van der Waals surface area contributed by atoms with E-state index in [0.29, 0.717) is 5.56 Å². The molecule has 1 amide bonds. The largest absolute Gasteiger partial charge is 0.383 e. The molecule has 0 unspecified atom stereocenters. The second-order valence-corrected chi connectivity index (χ2v) is 4.19. The van der Waals surface area contributed by atoms with Crippen molar-refractivity contribution in [1.82, 2.24) is 4.98 Å². The van der Waals surface area contributed by atoms with E-state index in [1.807, 2.05) is 44.2 Å². The minimum Gasteiger partial charge on any atom is -0.383 e. The van der Waals surface area contributed by atoms with Gasteiger partial charge in [0.15, 0.2) is 0 Å². The van der Waals surface area contributed by atoms with Crippen LogP contribution < -0.4 is 11.5 Å². The number of nitrogen functional groups attached to an aromatic ring is 1. The predicted molar refractivity (Wildman–Crippen MR) is 72.1 cm³/mol. The number of nitrogens with zero attached hydrogens (tertiary/aromatic N) is 1. The minimum atomic E-state index is -0.554. The summed E-state index contributed by atoms with van der Waals surface area (Å²) in [6, 6.07) is 9.58. The van der Waals surface area contributed by atoms with Gasteiger partial charge in [-0.25, -0.2) is 4.98 Å². The van der Waals surface area contributed by atoms with E-state index in [1.54, 1.807) is 0 Å². The Labute approximate surface area is 106 Å². The molecule has 0 spiro atoms. The van der Waals surface area contributed by atoms with Gasteiger partial charge in [0.2, 0.25) is 0 Å². The smallest absolute Gasteiger partial charge is 0.253 e. The molecule has 0 fully saturated rings. The molecular formula is C14H15N3O. The van der Waals surface area contributed by atoms with Crippen molar-refractivity contribution in [3.05, 3.63) is 47.2 Å². The summed E-state index contributed by atoms with van der Waals surface area (Å²) in [5.74, 6) is -0.369. The molecule has 92 valence electrons. The van der Waals surface area contributed by atoms with Crippen molar-refractivity contribution in [3.8, 4) is 11.1 Å². The summed E-state index contributed by atoms with van der Waals surface area (Å²) in [5.41, 5.74) is 14.9. The van der Waals surface area contributed by atoms with Crippen LogP contribution in [0.5, 0.6) is 0 Å². The lowest BCUT2D eigenvalue weighted by atomic mass is 9.94. The normalized spacial score (nSPS) is 10.3. The zero-order valence-electron chi connectivity index (χ0n) is 10.4. The molecule has 1 aromatic carbocycles. The van der Waals surface area contributed by atoms with Crippen LogP contribution in [0.3, 0.4) is 0 Å². The molecule has 4 N–H and O–H groups in total. The van der Waals surface area contributed by atoms with Crippen molar-refractivity contribution in [2.45, 2.75) is 13.8 Å². The van der Waals surface area contributed by atoms with E-state index in [2.05, 4.69) is 4.98 Å². The number of pyridine rings is 1. The Hall–Kier alpha value is -2.36. The van der Waals surface area contributed by atoms with Crippen LogP contribution in [0.15, 0.2) is 30.3 Å². The summed E-state index contributed by atoms with van der Waals surface area (Å²) in [7, 11) is 0. The van der Waals surface area contributed by atoms with Crippen LogP contribution in [-0.2, 0) is 0 Å². The fourth-order valence-electron chi connectivity index (χ4n) is 2.03. The third kappa shape index (κ3) is 1.93. The van der Waals surface area contributed by atoms with E-state index in [1.165, 1.54) is 0 Å². The van der Waals surface area contributed by atoms with Crippen LogP contribution >= 0.6 is 0 Å². The molecule has 0 aliphatic carbocycles. The number of carbonyl (C=O) groups excluding carboxylic acids is 1. The highest BCUT2D eigenvalue weighted by atomic mass is 16.1. The Bertz CT molecular complexity index is 606. The number of amides is 1. The second-order valence-electron chi connectivity index (χ2n) is 4.19. The molecule has 2 rings (SSSR count). The lowest BCUT2D eigenvalue weighted by Gasteiger charge is -2.14. The molecule has 0 saturated heterocycles. The number of benzene rings is 1. The summed E-state index contributed by atoms with van der Waals surface area (Å²) in [6.45, 7) is 3.78. The Morgan fingerprint density at radius 3 is 2.33 bits per heavy atom. The quantitative estimate of drug-likeness (QED) is 0.844. The van der Waals surface area contributed by atoms with Crippen LogP contribution in [0.4, 0.5) is 5.82 Å². The molecule has 0 aliphatic heterocycles. The molecule has 2 aromatic rings. The summed E-state index contributed by atoms with van der Waals surface area (Å²) in [5, 5.41) is 0. The second kappa shape index (κ2) is 4.49. The van der Waals surface area contributed by atoms with Crippen LogP contribution in [0.25, 0.3) is 11.1 Å². The molecule has 18 heavy (non-hydrogen) atoms. The fraction of sp³-hybridized carbons (Fsp3) is 0.143. The van der Waals surface area contributed by atoms with Gasteiger partial charge in [-0.05, 0) is 25.0 Å². The average molecular weight is 241 g/mol. The minimum absolute atomic E-state index is 0.185. The summed E-state index contributed by atoms with van der Waals surface area (Å²) >= 11 is 0. The molecule has 0 aliphatic rings. The van der Waals surface area contributed by atoms with E-state index < -0.39 is 5.91 Å². The Kier molecular flexibility index (Phi) is 3.02. The molecule has 4 nitrogen and oxygen atoms in total. The molecular weight excluding hydrogens is 226 g/mol. The Balaban J connectivity index is 2.83. The number of aryl methyl sites for hydroxylation is 1. The number of rotatable bonds is 2. The van der Waals surface area contributed by atoms with E-state index in [4.69, 9.17) is 11.5 Å². The number of hydrogen-bond donors (Lipinski definition) is 2. The van der Waals surface area contributed by atoms with Crippen LogP contribution in [0.1, 0.15) is 21.6 Å². The highest BCUT2D eigenvalue weighted by Crippen LogP contribution is 2.31. The average Bonchev–Trinajstić information content (AvgIpc) is 2.34. The van der Waals surface area contributed by atoms with E-state index in [-0.39, 0.29) is 5.82 Å². The summed E-state index contributed by atoms with van der Waals surface area (Å²) in [4.78, 5) is 15.7. The first-order valence-corrected chi connectivity index (χ1v) is 5.64. The van der Waals surface area contributed by atoms with Gasteiger partial charge in [-0.3, -0.25) is 4.79 Å². The number of primary amides is 1. The maximum absolute atomic E-state index is 11.6. The Morgan fingerprint density at radius 2 is 1.78 bits per heavy atom. The van der Waals surface area contributed by atoms with Gasteiger partial charge in [0, 0.05) is 11.3 Å². The van der Waals surface area contributed by atoms with Crippen molar-refractivity contribution in [3.63, 3.8) is 0 Å². The highest BCUT2D eigenvalue weighted by Gasteiger charge is 2.18. The lowest BCUT2D eigenvalue weighted by Crippen LogP contribution is -2.17. The topological polar surface area (TPSA) is 82.0 Å². The first-order chi connectivity index (χ1) is 8.52. The lowest BCUT2D eigenvalue weighted by molar-refractivity contribution is 0.100. The van der Waals surface area contributed by atoms with Crippen molar-refractivity contribution in [2.24, 2.45) is 5.73 Å². The zero-order chi connectivity index (χ0) is 13.3. The van der Waals surface area contributed by atoms with Gasteiger partial charge < -0.3 is 11.5 Å². The van der Waals surface area contributed by atoms with Gasteiger partial charge in [-0.15, -0.1) is 0 Å². The third-order valence-electron chi connectivity index (χ3n) is 3.02. The van der Waals surface area contributed by atoms with Gasteiger partial charge in [0.25, 0.3) is 5.91 Å². The SMILES string of the molecule is Cc1nc(N)c(C(N)=O)c(-c2ccccc2)c1C. The molecule has 1 heterocycles. The van der Waals surface area contributed by atoms with Crippen molar-refractivity contribution >= 4 is 11.7 Å². The Morgan fingerprint density at radius 1 is 1.17 bits per heavy atom. The summed E-state index contributed by atoms with van der Waals surface area (Å²) in [6.07, 6.45) is 0. The standard InChI is InChI=1S/C14H15N3O/c1-8-9(2)17-13(15)12(14(16)18)11(8)10-6-4-3-5-7-10/h3-7H,1-2H3,(H2,15,17)(H2,16,18). The van der Waals surface area contributed by atoms with Gasteiger partial charge in [0.05, 0.1) is 5.56 Å². The first kappa shape index (κ1) is 12.1. The fourth-order valence-corrected chi connectivity index (χ4v) is 2.03. The molecule has 1 aromatic heterocycles. The number of anilines is 1. The van der Waals surface area contributed by atoms with E-state index in [0.717, 1.165) is 22.4 Å². The zero-order valence-corrected chi connectivity index (χ0v) is 10.4. The first-order valence-electron chi connectivity index (χ1n) is 5.64. The number of nitrogens with two attached hydrogens (primary N) is 2. The van der Waals surface area contributed by atoms with Gasteiger partial charge in [0.1, 0.15) is 5.82 Å². The maximum atomic E-state index is 11.6. The third-order valence-corrected chi connectivity index (χ3v) is 3.02. The summed E-state index contributed by atoms with van der Waals surface area (Å²) < 4.78 is 0. The number of carbonyl (C=O) groups is 1. The van der Waals surface area contributed by atoms with Crippen LogP contribution in [0.2, 0.25) is 0 Å². The highest BCUT2D eigenvalue weighted by molar-refractivity contribution is 6.04. The molecule has 4 heteroatoms. The van der Waals surface area contributed by atoms with Crippen molar-refractivity contribution in [2.75, 3.05) is 5.73 Å². The van der Waals surface area contributed by atoms with Gasteiger partial charge >= 0.3 is 0 Å². The predicted octanol–water partition coefficient (Wildman–Crippen LogP) is 2.05. The molecule has 0 atom stereocenters. The monoisotopic (exact) mass is 241 g/mol.